The van der Waals surface area contributed by atoms with Gasteiger partial charge < -0.3 is 4.74 Å². The van der Waals surface area contributed by atoms with Crippen molar-refractivity contribution in [2.45, 2.75) is 29.6 Å². The molecule has 8 nitrogen and oxygen atoms in total. The van der Waals surface area contributed by atoms with E-state index in [9.17, 15) is 21.6 Å². The molecule has 1 aliphatic rings. The maximum Gasteiger partial charge on any atom is 0.264 e. The second-order valence-electron chi connectivity index (χ2n) is 7.89. The van der Waals surface area contributed by atoms with Crippen molar-refractivity contribution in [1.29, 1.82) is 0 Å². The molecule has 0 amide bonds. The van der Waals surface area contributed by atoms with Crippen molar-refractivity contribution in [1.82, 2.24) is 0 Å². The van der Waals surface area contributed by atoms with Crippen molar-refractivity contribution in [3.63, 3.8) is 0 Å². The number of nitrogens with one attached hydrogen (secondary N) is 1. The summed E-state index contributed by atoms with van der Waals surface area (Å²) in [7, 11) is -6.22. The highest BCUT2D eigenvalue weighted by Crippen LogP contribution is 2.34. The summed E-state index contributed by atoms with van der Waals surface area (Å²) in [4.78, 5) is 11.7. The molecule has 4 rings (SSSR count). The zero-order valence-electron chi connectivity index (χ0n) is 18.7. The van der Waals surface area contributed by atoms with E-state index in [0.29, 0.717) is 42.1 Å². The van der Waals surface area contributed by atoms with Gasteiger partial charge in [0.25, 0.3) is 20.0 Å². The minimum atomic E-state index is -3.93. The molecule has 0 bridgehead atoms. The minimum absolute atomic E-state index is 0.0263. The third-order valence-corrected chi connectivity index (χ3v) is 8.81. The summed E-state index contributed by atoms with van der Waals surface area (Å²) in [5, 5.41) is 0. The van der Waals surface area contributed by atoms with Crippen LogP contribution in [0.15, 0.2) is 76.5 Å². The minimum Gasteiger partial charge on any atom is -0.497 e. The molecule has 3 aromatic rings. The highest BCUT2D eigenvalue weighted by molar-refractivity contribution is 7.93. The Kier molecular flexibility index (Phi) is 6.37. The first kappa shape index (κ1) is 23.8. The Balaban J connectivity index is 1.63. The van der Waals surface area contributed by atoms with Crippen LogP contribution in [-0.4, -0.2) is 36.3 Å². The number of rotatable bonds is 7. The van der Waals surface area contributed by atoms with Gasteiger partial charge in [0.2, 0.25) is 0 Å². The van der Waals surface area contributed by atoms with Gasteiger partial charge in [-0.25, -0.2) is 16.8 Å². The van der Waals surface area contributed by atoms with E-state index >= 15 is 0 Å². The van der Waals surface area contributed by atoms with E-state index in [1.807, 2.05) is 0 Å². The second-order valence-corrected chi connectivity index (χ2v) is 11.4. The van der Waals surface area contributed by atoms with Gasteiger partial charge in [-0.1, -0.05) is 12.1 Å². The summed E-state index contributed by atoms with van der Waals surface area (Å²) in [5.74, 6) is 0.327. The molecular formula is C24H24N2O6S2. The molecule has 10 heteroatoms. The van der Waals surface area contributed by atoms with Crippen LogP contribution in [0.2, 0.25) is 0 Å². The Morgan fingerprint density at radius 3 is 2.35 bits per heavy atom. The Labute approximate surface area is 199 Å². The molecule has 0 unspecified atom stereocenters. The average Bonchev–Trinajstić information content (AvgIpc) is 2.83. The smallest absolute Gasteiger partial charge is 0.264 e. The van der Waals surface area contributed by atoms with Gasteiger partial charge in [0.05, 0.1) is 22.6 Å². The molecule has 1 heterocycles. The number of fused-ring (bicyclic) bond motifs is 1. The van der Waals surface area contributed by atoms with Crippen molar-refractivity contribution < 1.29 is 26.4 Å². The number of Topliss-reactive ketones (excluding diaryl/α,β-unsaturated/α-hetero) is 1. The largest absolute Gasteiger partial charge is 0.497 e. The number of anilines is 2. The maximum atomic E-state index is 13.3. The van der Waals surface area contributed by atoms with Gasteiger partial charge in [0.1, 0.15) is 5.75 Å². The van der Waals surface area contributed by atoms with Crippen molar-refractivity contribution in [3.8, 4) is 5.75 Å². The molecule has 0 fully saturated rings. The fourth-order valence-electron chi connectivity index (χ4n) is 3.85. The molecule has 0 saturated heterocycles. The van der Waals surface area contributed by atoms with Gasteiger partial charge in [-0.3, -0.25) is 13.8 Å². The fraction of sp³-hybridized carbons (Fsp3) is 0.208. The predicted octanol–water partition coefficient (Wildman–Crippen LogP) is 3.84. The van der Waals surface area contributed by atoms with E-state index in [4.69, 9.17) is 4.74 Å². The molecule has 0 aliphatic carbocycles. The van der Waals surface area contributed by atoms with E-state index < -0.39 is 20.0 Å². The van der Waals surface area contributed by atoms with Crippen LogP contribution in [0.4, 0.5) is 11.4 Å². The number of carbonyl (C=O) groups is 1. The first-order chi connectivity index (χ1) is 16.1. The highest BCUT2D eigenvalue weighted by atomic mass is 32.2. The standard InChI is InChI=1S/C24H24N2O6S2/c1-17(27)18-5-3-7-23(16-18)33(28,29)25-20-8-13-24-19(15-20)6-4-14-26(24)34(30,31)22-11-9-21(32-2)10-12-22/h3,5,7-13,15-16,25H,4,6,14H2,1-2H3. The van der Waals surface area contributed by atoms with Gasteiger partial charge in [0.15, 0.2) is 5.78 Å². The van der Waals surface area contributed by atoms with Crippen molar-refractivity contribution in [2.24, 2.45) is 0 Å². The molecule has 1 aliphatic heterocycles. The number of aryl methyl sites for hydroxylation is 1. The van der Waals surface area contributed by atoms with Crippen LogP contribution >= 0.6 is 0 Å². The normalized spacial score (nSPS) is 13.8. The summed E-state index contributed by atoms with van der Waals surface area (Å²) in [6.07, 6.45) is 1.21. The number of carbonyl (C=O) groups excluding carboxylic acids is 1. The monoisotopic (exact) mass is 500 g/mol. The van der Waals surface area contributed by atoms with Crippen LogP contribution in [-0.2, 0) is 26.5 Å². The molecule has 34 heavy (non-hydrogen) atoms. The SMILES string of the molecule is COc1ccc(S(=O)(=O)N2CCCc3cc(NS(=O)(=O)c4cccc(C(C)=O)c4)ccc32)cc1. The van der Waals surface area contributed by atoms with Gasteiger partial charge in [-0.2, -0.15) is 0 Å². The number of ketones is 1. The molecule has 0 spiro atoms. The van der Waals surface area contributed by atoms with Crippen LogP contribution in [0.25, 0.3) is 0 Å². The summed E-state index contributed by atoms with van der Waals surface area (Å²) in [5.41, 5.74) is 1.85. The quantitative estimate of drug-likeness (QED) is 0.494. The average molecular weight is 501 g/mol. The fourth-order valence-corrected chi connectivity index (χ4v) is 6.48. The number of hydrogen-bond acceptors (Lipinski definition) is 6. The molecule has 1 N–H and O–H groups in total. The Morgan fingerprint density at radius 1 is 0.941 bits per heavy atom. The van der Waals surface area contributed by atoms with E-state index in [1.54, 1.807) is 30.3 Å². The third-order valence-electron chi connectivity index (χ3n) is 5.61. The number of nitrogens with zero attached hydrogens (tertiary/aromatic N) is 1. The van der Waals surface area contributed by atoms with Crippen LogP contribution in [0.3, 0.4) is 0 Å². The Morgan fingerprint density at radius 2 is 1.68 bits per heavy atom. The lowest BCUT2D eigenvalue weighted by Crippen LogP contribution is -2.35. The molecule has 0 saturated carbocycles. The van der Waals surface area contributed by atoms with Gasteiger partial charge in [-0.15, -0.1) is 0 Å². The van der Waals surface area contributed by atoms with Gasteiger partial charge in [0, 0.05) is 17.8 Å². The highest BCUT2D eigenvalue weighted by Gasteiger charge is 2.29. The van der Waals surface area contributed by atoms with E-state index in [0.717, 1.165) is 5.56 Å². The molecule has 0 atom stereocenters. The topological polar surface area (TPSA) is 110 Å². The summed E-state index contributed by atoms with van der Waals surface area (Å²) >= 11 is 0. The molecule has 178 valence electrons. The lowest BCUT2D eigenvalue weighted by atomic mass is 10.0. The molecule has 3 aromatic carbocycles. The zero-order valence-corrected chi connectivity index (χ0v) is 20.3. The van der Waals surface area contributed by atoms with E-state index in [2.05, 4.69) is 4.72 Å². The first-order valence-electron chi connectivity index (χ1n) is 10.6. The van der Waals surface area contributed by atoms with Crippen molar-refractivity contribution >= 4 is 37.2 Å². The summed E-state index contributed by atoms with van der Waals surface area (Å²) in [6, 6.07) is 16.8. The van der Waals surface area contributed by atoms with Gasteiger partial charge in [-0.05, 0) is 79.9 Å². The van der Waals surface area contributed by atoms with Crippen LogP contribution < -0.4 is 13.8 Å². The number of benzene rings is 3. The van der Waals surface area contributed by atoms with Crippen molar-refractivity contribution in [3.05, 3.63) is 77.9 Å². The maximum absolute atomic E-state index is 13.3. The molecule has 0 radical (unpaired) electrons. The molecule has 0 aromatic heterocycles. The lowest BCUT2D eigenvalue weighted by Gasteiger charge is -2.31. The van der Waals surface area contributed by atoms with Crippen LogP contribution in [0.5, 0.6) is 5.75 Å². The zero-order chi connectivity index (χ0) is 24.5. The van der Waals surface area contributed by atoms with Gasteiger partial charge >= 0.3 is 0 Å². The number of sulfonamides is 2. The summed E-state index contributed by atoms with van der Waals surface area (Å²) in [6.45, 7) is 1.69. The molecular weight excluding hydrogens is 476 g/mol. The second kappa shape index (κ2) is 9.11. The predicted molar refractivity (Wildman–Crippen MR) is 130 cm³/mol. The third kappa shape index (κ3) is 4.64. The Bertz CT molecular complexity index is 1450. The van der Waals surface area contributed by atoms with E-state index in [1.165, 1.54) is 54.7 Å². The lowest BCUT2D eigenvalue weighted by molar-refractivity contribution is 0.101. The first-order valence-corrected chi connectivity index (χ1v) is 13.5. The number of ether oxygens (including phenoxy) is 1. The van der Waals surface area contributed by atoms with E-state index in [-0.39, 0.29) is 15.6 Å². The number of hydrogen-bond donors (Lipinski definition) is 1. The summed E-state index contributed by atoms with van der Waals surface area (Å²) < 4.78 is 61.3. The number of methoxy groups -OCH3 is 1. The van der Waals surface area contributed by atoms with Crippen LogP contribution in [0, 0.1) is 0 Å². The van der Waals surface area contributed by atoms with Crippen LogP contribution in [0.1, 0.15) is 29.3 Å². The Hall–Kier alpha value is -3.37. The van der Waals surface area contributed by atoms with Crippen molar-refractivity contribution in [2.75, 3.05) is 22.7 Å².